The average Bonchev–Trinajstić information content (AvgIpc) is 3.45. The van der Waals surface area contributed by atoms with E-state index >= 15 is 0 Å². The molecule has 3 nitrogen and oxygen atoms in total. The summed E-state index contributed by atoms with van der Waals surface area (Å²) in [6.45, 7) is 0. The van der Waals surface area contributed by atoms with E-state index in [4.69, 9.17) is 4.42 Å². The first kappa shape index (κ1) is 22.8. The van der Waals surface area contributed by atoms with Crippen LogP contribution in [-0.2, 0) is 0 Å². The van der Waals surface area contributed by atoms with Crippen LogP contribution >= 0.6 is 0 Å². The Morgan fingerprint density at radius 2 is 1.27 bits per heavy atom. The lowest BCUT2D eigenvalue weighted by molar-refractivity contribution is 0.602. The molecule has 0 bridgehead atoms. The Labute approximate surface area is 233 Å². The zero-order valence-corrected chi connectivity index (χ0v) is 21.8. The number of anilines is 2. The van der Waals surface area contributed by atoms with Crippen molar-refractivity contribution in [2.45, 2.75) is 12.0 Å². The summed E-state index contributed by atoms with van der Waals surface area (Å²) < 4.78 is 5.85. The van der Waals surface area contributed by atoms with Gasteiger partial charge in [-0.15, -0.1) is 0 Å². The fourth-order valence-corrected chi connectivity index (χ4v) is 6.29. The van der Waals surface area contributed by atoms with E-state index in [9.17, 15) is 0 Å². The van der Waals surface area contributed by atoms with Crippen LogP contribution in [0.4, 0.5) is 11.4 Å². The SMILES string of the molecule is C1=CC2c3ccccc3-c3cc4ncoc4cc3N(c3cc(-c4ccccc4)cc(-c4ccccc4)c3)C2C=C1. The monoisotopic (exact) mass is 514 g/mol. The lowest BCUT2D eigenvalue weighted by atomic mass is 9.84. The first-order chi connectivity index (χ1) is 19.8. The maximum atomic E-state index is 5.85. The number of oxazole rings is 1. The van der Waals surface area contributed by atoms with Gasteiger partial charge in [0.1, 0.15) is 5.52 Å². The van der Waals surface area contributed by atoms with Gasteiger partial charge in [0.15, 0.2) is 12.0 Å². The molecule has 0 fully saturated rings. The predicted molar refractivity (Wildman–Crippen MR) is 164 cm³/mol. The highest BCUT2D eigenvalue weighted by atomic mass is 16.3. The molecule has 5 aromatic carbocycles. The number of nitrogens with zero attached hydrogens (tertiary/aromatic N) is 2. The lowest BCUT2D eigenvalue weighted by Gasteiger charge is -2.36. The van der Waals surface area contributed by atoms with Crippen molar-refractivity contribution in [3.8, 4) is 33.4 Å². The van der Waals surface area contributed by atoms with Crippen LogP contribution in [0.2, 0.25) is 0 Å². The molecule has 6 aromatic rings. The molecule has 0 amide bonds. The molecular weight excluding hydrogens is 488 g/mol. The third-order valence-corrected chi connectivity index (χ3v) is 8.13. The Morgan fingerprint density at radius 1 is 0.600 bits per heavy atom. The minimum atomic E-state index is 0.0856. The zero-order valence-electron chi connectivity index (χ0n) is 21.8. The van der Waals surface area contributed by atoms with E-state index in [0.717, 1.165) is 22.5 Å². The summed E-state index contributed by atoms with van der Waals surface area (Å²) in [5.41, 5.74) is 12.4. The van der Waals surface area contributed by atoms with E-state index < -0.39 is 0 Å². The normalized spacial score (nSPS) is 17.2. The Bertz CT molecular complexity index is 1860. The summed E-state index contributed by atoms with van der Waals surface area (Å²) in [5.74, 6) is 0.188. The van der Waals surface area contributed by atoms with Gasteiger partial charge in [0.25, 0.3) is 0 Å². The first-order valence-corrected chi connectivity index (χ1v) is 13.7. The summed E-state index contributed by atoms with van der Waals surface area (Å²) >= 11 is 0. The van der Waals surface area contributed by atoms with Gasteiger partial charge in [-0.2, -0.15) is 0 Å². The van der Waals surface area contributed by atoms with Crippen molar-refractivity contribution in [1.29, 1.82) is 0 Å². The molecule has 8 rings (SSSR count). The fourth-order valence-electron chi connectivity index (χ4n) is 6.29. The second-order valence-electron chi connectivity index (χ2n) is 10.4. The van der Waals surface area contributed by atoms with Gasteiger partial charge in [0.2, 0.25) is 0 Å². The van der Waals surface area contributed by atoms with E-state index in [1.165, 1.54) is 45.3 Å². The number of aromatic nitrogens is 1. The number of allylic oxidation sites excluding steroid dienone is 2. The Hall–Kier alpha value is -5.15. The van der Waals surface area contributed by atoms with Crippen molar-refractivity contribution in [1.82, 2.24) is 4.98 Å². The van der Waals surface area contributed by atoms with Gasteiger partial charge >= 0.3 is 0 Å². The summed E-state index contributed by atoms with van der Waals surface area (Å²) in [7, 11) is 0. The van der Waals surface area contributed by atoms with Crippen LogP contribution in [0.25, 0.3) is 44.5 Å². The summed E-state index contributed by atoms with van der Waals surface area (Å²) in [4.78, 5) is 7.01. The maximum absolute atomic E-state index is 5.85. The highest BCUT2D eigenvalue weighted by molar-refractivity contribution is 5.95. The van der Waals surface area contributed by atoms with Crippen molar-refractivity contribution in [2.24, 2.45) is 0 Å². The molecule has 2 atom stereocenters. The van der Waals surface area contributed by atoms with Gasteiger partial charge in [0, 0.05) is 23.2 Å². The summed E-state index contributed by atoms with van der Waals surface area (Å²) in [6, 6.07) is 41.5. The van der Waals surface area contributed by atoms with Crippen LogP contribution in [0.3, 0.4) is 0 Å². The minimum Gasteiger partial charge on any atom is -0.443 e. The zero-order chi connectivity index (χ0) is 26.5. The molecule has 40 heavy (non-hydrogen) atoms. The van der Waals surface area contributed by atoms with Crippen molar-refractivity contribution >= 4 is 22.5 Å². The summed E-state index contributed by atoms with van der Waals surface area (Å²) in [5, 5.41) is 0. The number of rotatable bonds is 3. The number of fused-ring (bicyclic) bond motifs is 6. The van der Waals surface area contributed by atoms with Crippen LogP contribution in [0.5, 0.6) is 0 Å². The Morgan fingerprint density at radius 3 is 2.02 bits per heavy atom. The topological polar surface area (TPSA) is 29.3 Å². The molecule has 2 heterocycles. The highest BCUT2D eigenvalue weighted by Gasteiger charge is 2.35. The molecule has 2 aliphatic rings. The molecule has 1 aromatic heterocycles. The largest absolute Gasteiger partial charge is 0.443 e. The van der Waals surface area contributed by atoms with Crippen LogP contribution in [0.15, 0.2) is 150 Å². The van der Waals surface area contributed by atoms with Crippen molar-refractivity contribution in [2.75, 3.05) is 4.90 Å². The maximum Gasteiger partial charge on any atom is 0.181 e. The number of hydrogen-bond acceptors (Lipinski definition) is 3. The van der Waals surface area contributed by atoms with Crippen molar-refractivity contribution in [3.05, 3.63) is 152 Å². The fraction of sp³-hybridized carbons (Fsp3) is 0.0541. The van der Waals surface area contributed by atoms with Crippen LogP contribution in [0.1, 0.15) is 11.5 Å². The third-order valence-electron chi connectivity index (χ3n) is 8.13. The smallest absolute Gasteiger partial charge is 0.181 e. The number of hydrogen-bond donors (Lipinski definition) is 0. The van der Waals surface area contributed by atoms with E-state index in [0.29, 0.717) is 0 Å². The molecule has 1 aliphatic carbocycles. The predicted octanol–water partition coefficient (Wildman–Crippen LogP) is 9.56. The summed E-state index contributed by atoms with van der Waals surface area (Å²) in [6.07, 6.45) is 10.6. The third kappa shape index (κ3) is 3.70. The lowest BCUT2D eigenvalue weighted by Crippen LogP contribution is -2.34. The molecule has 1 aliphatic heterocycles. The molecule has 2 unspecified atom stereocenters. The van der Waals surface area contributed by atoms with Gasteiger partial charge in [-0.1, -0.05) is 109 Å². The Kier molecular flexibility index (Phi) is 5.27. The van der Waals surface area contributed by atoms with Crippen LogP contribution < -0.4 is 4.90 Å². The second kappa shape index (κ2) is 9.25. The van der Waals surface area contributed by atoms with Crippen molar-refractivity contribution < 1.29 is 4.42 Å². The van der Waals surface area contributed by atoms with Crippen molar-refractivity contribution in [3.63, 3.8) is 0 Å². The molecule has 0 saturated heterocycles. The van der Waals surface area contributed by atoms with E-state index in [2.05, 4.69) is 149 Å². The molecule has 0 N–H and O–H groups in total. The molecule has 0 spiro atoms. The second-order valence-corrected chi connectivity index (χ2v) is 10.4. The van der Waals surface area contributed by atoms with Crippen LogP contribution in [-0.4, -0.2) is 11.0 Å². The molecule has 3 heteroatoms. The molecule has 0 saturated carbocycles. The van der Waals surface area contributed by atoms with Crippen LogP contribution in [0, 0.1) is 0 Å². The van der Waals surface area contributed by atoms with Gasteiger partial charge in [0.05, 0.1) is 11.7 Å². The molecule has 0 radical (unpaired) electrons. The molecular formula is C37H26N2O. The first-order valence-electron chi connectivity index (χ1n) is 13.7. The standard InChI is InChI=1S/C37H26N2O/c1-3-11-25(12-4-1)27-19-28(26-13-5-2-6-14-26)21-29(20-27)39-35-18-10-9-17-32(35)30-15-7-8-16-31(30)33-22-34-37(23-36(33)39)40-24-38-34/h1-24,32,35H. The number of benzene rings is 5. The van der Waals surface area contributed by atoms with Gasteiger partial charge < -0.3 is 9.32 Å². The van der Waals surface area contributed by atoms with Gasteiger partial charge in [-0.3, -0.25) is 0 Å². The van der Waals surface area contributed by atoms with Gasteiger partial charge in [-0.05, 0) is 57.6 Å². The Balaban J connectivity index is 1.44. The molecule has 190 valence electrons. The average molecular weight is 515 g/mol. The highest BCUT2D eigenvalue weighted by Crippen LogP contribution is 2.50. The van der Waals surface area contributed by atoms with E-state index in [-0.39, 0.29) is 12.0 Å². The van der Waals surface area contributed by atoms with E-state index in [1.54, 1.807) is 0 Å². The minimum absolute atomic E-state index is 0.0856. The van der Waals surface area contributed by atoms with Gasteiger partial charge in [-0.25, -0.2) is 4.98 Å². The van der Waals surface area contributed by atoms with E-state index in [1.807, 2.05) is 0 Å². The quantitative estimate of drug-likeness (QED) is 0.235.